The molecule has 0 aliphatic rings. The molecule has 0 N–H and O–H groups in total. The highest BCUT2D eigenvalue weighted by atomic mass is 28.3. The zero-order valence-electron chi connectivity index (χ0n) is 12.4. The predicted octanol–water partition coefficient (Wildman–Crippen LogP) is 4.22. The van der Waals surface area contributed by atoms with Gasteiger partial charge < -0.3 is 4.74 Å². The average Bonchev–Trinajstić information content (AvgIpc) is 2.38. The lowest BCUT2D eigenvalue weighted by Crippen LogP contribution is -2.39. The molecule has 0 amide bonds. The largest absolute Gasteiger partial charge is 0.497 e. The molecule has 2 rings (SSSR count). The topological polar surface area (TPSA) is 9.23 Å². The highest BCUT2D eigenvalue weighted by Crippen LogP contribution is 2.25. The maximum absolute atomic E-state index is 5.22. The summed E-state index contributed by atoms with van der Waals surface area (Å²) < 4.78 is 5.22. The van der Waals surface area contributed by atoms with Crippen LogP contribution >= 0.6 is 0 Å². The summed E-state index contributed by atoms with van der Waals surface area (Å²) in [5.41, 5.74) is 4.02. The molecule has 0 aliphatic carbocycles. The molecule has 0 bridgehead atoms. The number of ether oxygens (including phenoxy) is 1. The lowest BCUT2D eigenvalue weighted by Gasteiger charge is -2.21. The second kappa shape index (κ2) is 5.22. The minimum absolute atomic E-state index is 0.905. The SMILES string of the molecule is COc1ccc(-c2cccc([Si](C)(C)C)c2C)cc1. The first kappa shape index (κ1) is 13.9. The smallest absolute Gasteiger partial charge is 0.118 e. The van der Waals surface area contributed by atoms with Crippen LogP contribution in [0.1, 0.15) is 5.56 Å². The molecule has 0 atom stereocenters. The van der Waals surface area contributed by atoms with E-state index in [-0.39, 0.29) is 0 Å². The monoisotopic (exact) mass is 270 g/mol. The van der Waals surface area contributed by atoms with Crippen molar-refractivity contribution in [1.29, 1.82) is 0 Å². The van der Waals surface area contributed by atoms with Crippen molar-refractivity contribution in [2.45, 2.75) is 26.6 Å². The molecule has 2 aromatic rings. The summed E-state index contributed by atoms with van der Waals surface area (Å²) in [6, 6.07) is 15.0. The second-order valence-corrected chi connectivity index (χ2v) is 11.0. The lowest BCUT2D eigenvalue weighted by molar-refractivity contribution is 0.415. The van der Waals surface area contributed by atoms with Crippen LogP contribution in [-0.2, 0) is 0 Å². The van der Waals surface area contributed by atoms with Crippen molar-refractivity contribution >= 4 is 13.3 Å². The lowest BCUT2D eigenvalue weighted by atomic mass is 10.0. The van der Waals surface area contributed by atoms with Crippen LogP contribution in [0.3, 0.4) is 0 Å². The molecule has 0 radical (unpaired) electrons. The van der Waals surface area contributed by atoms with E-state index in [9.17, 15) is 0 Å². The third-order valence-corrected chi connectivity index (χ3v) is 5.70. The van der Waals surface area contributed by atoms with E-state index in [1.54, 1.807) is 12.3 Å². The molecular weight excluding hydrogens is 248 g/mol. The highest BCUT2D eigenvalue weighted by molar-refractivity contribution is 6.89. The fraction of sp³-hybridized carbons (Fsp3) is 0.294. The van der Waals surface area contributed by atoms with Crippen molar-refractivity contribution in [3.8, 4) is 16.9 Å². The van der Waals surface area contributed by atoms with E-state index in [1.165, 1.54) is 16.7 Å². The van der Waals surface area contributed by atoms with Crippen LogP contribution in [0.15, 0.2) is 42.5 Å². The van der Waals surface area contributed by atoms with Gasteiger partial charge in [-0.1, -0.05) is 55.2 Å². The Kier molecular flexibility index (Phi) is 3.81. The first-order chi connectivity index (χ1) is 8.93. The van der Waals surface area contributed by atoms with E-state index in [0.717, 1.165) is 5.75 Å². The maximum Gasteiger partial charge on any atom is 0.118 e. The molecule has 1 nitrogen and oxygen atoms in total. The van der Waals surface area contributed by atoms with Crippen molar-refractivity contribution < 1.29 is 4.74 Å². The molecular formula is C17H22OSi. The third-order valence-electron chi connectivity index (χ3n) is 3.54. The zero-order valence-corrected chi connectivity index (χ0v) is 13.4. The molecule has 0 fully saturated rings. The van der Waals surface area contributed by atoms with Gasteiger partial charge in [0, 0.05) is 0 Å². The molecule has 0 heterocycles. The Morgan fingerprint density at radius 2 is 1.53 bits per heavy atom. The van der Waals surface area contributed by atoms with Gasteiger partial charge in [0.1, 0.15) is 5.75 Å². The molecule has 0 saturated carbocycles. The Hall–Kier alpha value is -1.54. The summed E-state index contributed by atoms with van der Waals surface area (Å²) in [5.74, 6) is 0.905. The van der Waals surface area contributed by atoms with Gasteiger partial charge in [-0.3, -0.25) is 0 Å². The Bertz CT molecular complexity index is 565. The quantitative estimate of drug-likeness (QED) is 0.759. The van der Waals surface area contributed by atoms with Gasteiger partial charge in [0.25, 0.3) is 0 Å². The van der Waals surface area contributed by atoms with E-state index in [2.05, 4.69) is 56.9 Å². The van der Waals surface area contributed by atoms with E-state index in [1.807, 2.05) is 12.1 Å². The van der Waals surface area contributed by atoms with Crippen LogP contribution in [0, 0.1) is 6.92 Å². The summed E-state index contributed by atoms with van der Waals surface area (Å²) in [6.45, 7) is 9.43. The Morgan fingerprint density at radius 3 is 2.05 bits per heavy atom. The van der Waals surface area contributed by atoms with Gasteiger partial charge in [-0.2, -0.15) is 0 Å². The van der Waals surface area contributed by atoms with Crippen LogP contribution in [0.4, 0.5) is 0 Å². The molecule has 2 aromatic carbocycles. The first-order valence-corrected chi connectivity index (χ1v) is 10.2. The molecule has 100 valence electrons. The van der Waals surface area contributed by atoms with E-state index in [4.69, 9.17) is 4.74 Å². The van der Waals surface area contributed by atoms with E-state index < -0.39 is 8.07 Å². The van der Waals surface area contributed by atoms with Crippen LogP contribution in [0.25, 0.3) is 11.1 Å². The van der Waals surface area contributed by atoms with Crippen molar-refractivity contribution in [3.05, 3.63) is 48.0 Å². The number of hydrogen-bond donors (Lipinski definition) is 0. The van der Waals surface area contributed by atoms with Crippen molar-refractivity contribution in [3.63, 3.8) is 0 Å². The Balaban J connectivity index is 2.50. The summed E-state index contributed by atoms with van der Waals surface area (Å²) in [5, 5.41) is 1.54. The second-order valence-electron chi connectivity index (χ2n) is 5.96. The fourth-order valence-electron chi connectivity index (χ4n) is 2.53. The van der Waals surface area contributed by atoms with Crippen LogP contribution in [-0.4, -0.2) is 15.2 Å². The highest BCUT2D eigenvalue weighted by Gasteiger charge is 2.20. The Labute approximate surface area is 117 Å². The molecule has 0 saturated heterocycles. The van der Waals surface area contributed by atoms with Crippen molar-refractivity contribution in [2.75, 3.05) is 7.11 Å². The third kappa shape index (κ3) is 2.90. The summed E-state index contributed by atoms with van der Waals surface area (Å²) in [6.07, 6.45) is 0. The van der Waals surface area contributed by atoms with Gasteiger partial charge in [-0.05, 0) is 35.7 Å². The molecule has 0 spiro atoms. The van der Waals surface area contributed by atoms with E-state index in [0.29, 0.717) is 0 Å². The molecule has 0 aromatic heterocycles. The van der Waals surface area contributed by atoms with Gasteiger partial charge in [0.2, 0.25) is 0 Å². The fourth-order valence-corrected chi connectivity index (χ4v) is 4.39. The maximum atomic E-state index is 5.22. The average molecular weight is 270 g/mol. The summed E-state index contributed by atoms with van der Waals surface area (Å²) in [7, 11) is 0.416. The van der Waals surface area contributed by atoms with Gasteiger partial charge in [-0.15, -0.1) is 0 Å². The van der Waals surface area contributed by atoms with Gasteiger partial charge in [-0.25, -0.2) is 0 Å². The van der Waals surface area contributed by atoms with Gasteiger partial charge in [0.15, 0.2) is 0 Å². The molecule has 0 unspecified atom stereocenters. The minimum atomic E-state index is -1.28. The standard InChI is InChI=1S/C17H22OSi/c1-13-16(7-6-8-17(13)19(3,4)5)14-9-11-15(18-2)12-10-14/h6-12H,1-5H3. The van der Waals surface area contributed by atoms with Crippen LogP contribution in [0.5, 0.6) is 5.75 Å². The minimum Gasteiger partial charge on any atom is -0.497 e. The Morgan fingerprint density at radius 1 is 0.895 bits per heavy atom. The van der Waals surface area contributed by atoms with Gasteiger partial charge in [0.05, 0.1) is 15.2 Å². The molecule has 0 aliphatic heterocycles. The molecule has 19 heavy (non-hydrogen) atoms. The summed E-state index contributed by atoms with van der Waals surface area (Å²) in [4.78, 5) is 0. The number of hydrogen-bond acceptors (Lipinski definition) is 1. The number of benzene rings is 2. The summed E-state index contributed by atoms with van der Waals surface area (Å²) >= 11 is 0. The number of rotatable bonds is 3. The first-order valence-electron chi connectivity index (χ1n) is 6.68. The van der Waals surface area contributed by atoms with Crippen molar-refractivity contribution in [1.82, 2.24) is 0 Å². The van der Waals surface area contributed by atoms with Gasteiger partial charge >= 0.3 is 0 Å². The van der Waals surface area contributed by atoms with Crippen LogP contribution in [0.2, 0.25) is 19.6 Å². The normalized spacial score (nSPS) is 11.4. The van der Waals surface area contributed by atoms with E-state index >= 15 is 0 Å². The van der Waals surface area contributed by atoms with Crippen molar-refractivity contribution in [2.24, 2.45) is 0 Å². The van der Waals surface area contributed by atoms with Crippen LogP contribution < -0.4 is 9.92 Å². The number of methoxy groups -OCH3 is 1. The zero-order chi connectivity index (χ0) is 14.0. The molecule has 2 heteroatoms. The predicted molar refractivity (Wildman–Crippen MR) is 86.1 cm³/mol.